The third kappa shape index (κ3) is 3.59. The molecule has 1 aromatic heterocycles. The van der Waals surface area contributed by atoms with Crippen LogP contribution in [0.4, 0.5) is 4.39 Å². The molecule has 0 radical (unpaired) electrons. The molecule has 0 saturated heterocycles. The number of hydrogen-bond donors (Lipinski definition) is 1. The molecule has 1 N–H and O–H groups in total. The van der Waals surface area contributed by atoms with Gasteiger partial charge in [-0.15, -0.1) is 0 Å². The molecular weight excluding hydrogens is 323 g/mol. The van der Waals surface area contributed by atoms with Gasteiger partial charge in [-0.2, -0.15) is 4.72 Å². The average molecular weight is 340 g/mol. The number of rotatable bonds is 5. The number of carbonyl (C=O) groups excluding carboxylic acids is 1. The molecule has 124 valence electrons. The summed E-state index contributed by atoms with van der Waals surface area (Å²) in [7, 11) is -2.68. The van der Waals surface area contributed by atoms with Crippen LogP contribution >= 0.6 is 0 Å². The van der Waals surface area contributed by atoms with E-state index in [4.69, 9.17) is 0 Å². The van der Waals surface area contributed by atoms with E-state index in [1.54, 1.807) is 30.5 Å². The van der Waals surface area contributed by atoms with Gasteiger partial charge in [-0.25, -0.2) is 12.8 Å². The molecule has 0 spiro atoms. The van der Waals surface area contributed by atoms with Crippen LogP contribution in [0.15, 0.2) is 35.2 Å². The van der Waals surface area contributed by atoms with Gasteiger partial charge < -0.3 is 9.30 Å². The number of hydrogen-bond acceptors (Lipinski definition) is 4. The highest BCUT2D eigenvalue weighted by molar-refractivity contribution is 7.89. The molecule has 1 aromatic carbocycles. The molecule has 2 rings (SSSR count). The summed E-state index contributed by atoms with van der Waals surface area (Å²) in [6, 6.07) is 7.23. The van der Waals surface area contributed by atoms with E-state index in [9.17, 15) is 17.6 Å². The highest BCUT2D eigenvalue weighted by atomic mass is 32.2. The minimum Gasteiger partial charge on any atom is -0.468 e. The number of halogens is 1. The van der Waals surface area contributed by atoms with Gasteiger partial charge in [0.15, 0.2) is 0 Å². The normalized spacial score (nSPS) is 11.5. The van der Waals surface area contributed by atoms with Crippen molar-refractivity contribution in [1.82, 2.24) is 9.29 Å². The molecule has 2 aromatic rings. The van der Waals surface area contributed by atoms with Crippen LogP contribution in [0, 0.1) is 19.7 Å². The number of aryl methyl sites for hydroxylation is 1. The van der Waals surface area contributed by atoms with Gasteiger partial charge in [0.2, 0.25) is 10.0 Å². The Labute approximate surface area is 133 Å². The van der Waals surface area contributed by atoms with E-state index >= 15 is 0 Å². The Balaban J connectivity index is 2.41. The van der Waals surface area contributed by atoms with Crippen LogP contribution in [0.25, 0.3) is 5.69 Å². The van der Waals surface area contributed by atoms with E-state index in [2.05, 4.69) is 9.46 Å². The van der Waals surface area contributed by atoms with Crippen molar-refractivity contribution < 1.29 is 22.3 Å². The van der Waals surface area contributed by atoms with Crippen molar-refractivity contribution in [3.05, 3.63) is 47.5 Å². The minimum atomic E-state index is -3.86. The number of nitrogens with one attached hydrogen (secondary N) is 1. The molecule has 6 nitrogen and oxygen atoms in total. The van der Waals surface area contributed by atoms with Crippen molar-refractivity contribution in [2.24, 2.45) is 0 Å². The maximum atomic E-state index is 13.0. The molecule has 0 unspecified atom stereocenters. The topological polar surface area (TPSA) is 77.4 Å². The van der Waals surface area contributed by atoms with Crippen LogP contribution in [0.2, 0.25) is 0 Å². The standard InChI is InChI=1S/C15H17FN2O4S/c1-10-8-14(23(20,21)17-9-15(19)22-3)11(2)18(10)13-6-4-12(16)5-7-13/h4-8,17H,9H2,1-3H3. The van der Waals surface area contributed by atoms with Crippen molar-refractivity contribution >= 4 is 16.0 Å². The largest absolute Gasteiger partial charge is 0.468 e. The molecule has 0 aliphatic rings. The fourth-order valence-corrected chi connectivity index (χ4v) is 3.57. The zero-order valence-corrected chi connectivity index (χ0v) is 13.8. The Morgan fingerprint density at radius 1 is 1.26 bits per heavy atom. The molecule has 0 amide bonds. The molecule has 1 heterocycles. The summed E-state index contributed by atoms with van der Waals surface area (Å²) in [6.07, 6.45) is 0. The fourth-order valence-electron chi connectivity index (χ4n) is 2.30. The second-order valence-corrected chi connectivity index (χ2v) is 6.68. The molecule has 23 heavy (non-hydrogen) atoms. The SMILES string of the molecule is COC(=O)CNS(=O)(=O)c1cc(C)n(-c2ccc(F)cc2)c1C. The van der Waals surface area contributed by atoms with Gasteiger partial charge in [0.05, 0.1) is 7.11 Å². The number of aromatic nitrogens is 1. The van der Waals surface area contributed by atoms with E-state index in [1.165, 1.54) is 25.3 Å². The molecular formula is C15H17FN2O4S. The third-order valence-corrected chi connectivity index (χ3v) is 4.91. The predicted molar refractivity (Wildman–Crippen MR) is 82.4 cm³/mol. The first kappa shape index (κ1) is 17.2. The zero-order valence-electron chi connectivity index (χ0n) is 13.0. The van der Waals surface area contributed by atoms with E-state index < -0.39 is 22.5 Å². The van der Waals surface area contributed by atoms with E-state index in [0.717, 1.165) is 0 Å². The van der Waals surface area contributed by atoms with Crippen LogP contribution in [0.5, 0.6) is 0 Å². The monoisotopic (exact) mass is 340 g/mol. The van der Waals surface area contributed by atoms with Crippen LogP contribution in [0.1, 0.15) is 11.4 Å². The summed E-state index contributed by atoms with van der Waals surface area (Å²) in [5.41, 5.74) is 1.79. The third-order valence-electron chi connectivity index (χ3n) is 3.39. The van der Waals surface area contributed by atoms with Crippen LogP contribution < -0.4 is 4.72 Å². The Hall–Kier alpha value is -2.19. The number of benzene rings is 1. The van der Waals surface area contributed by atoms with Gasteiger partial charge in [-0.3, -0.25) is 4.79 Å². The lowest BCUT2D eigenvalue weighted by Gasteiger charge is -2.10. The van der Waals surface area contributed by atoms with E-state index in [-0.39, 0.29) is 10.7 Å². The number of methoxy groups -OCH3 is 1. The number of nitrogens with zero attached hydrogens (tertiary/aromatic N) is 1. The van der Waals surface area contributed by atoms with E-state index in [1.807, 2.05) is 0 Å². The lowest BCUT2D eigenvalue weighted by atomic mass is 10.3. The maximum Gasteiger partial charge on any atom is 0.320 e. The van der Waals surface area contributed by atoms with Crippen molar-refractivity contribution in [3.63, 3.8) is 0 Å². The summed E-state index contributed by atoms with van der Waals surface area (Å²) >= 11 is 0. The number of carbonyl (C=O) groups is 1. The van der Waals surface area contributed by atoms with Gasteiger partial charge >= 0.3 is 5.97 Å². The van der Waals surface area contributed by atoms with Gasteiger partial charge in [0.25, 0.3) is 0 Å². The molecule has 0 saturated carbocycles. The van der Waals surface area contributed by atoms with Crippen molar-refractivity contribution in [1.29, 1.82) is 0 Å². The number of ether oxygens (including phenoxy) is 1. The van der Waals surface area contributed by atoms with Crippen molar-refractivity contribution in [3.8, 4) is 5.69 Å². The average Bonchev–Trinajstić information content (AvgIpc) is 2.82. The van der Waals surface area contributed by atoms with Gasteiger partial charge in [0.1, 0.15) is 17.3 Å². The van der Waals surface area contributed by atoms with Crippen LogP contribution in [-0.2, 0) is 19.6 Å². The lowest BCUT2D eigenvalue weighted by Crippen LogP contribution is -2.30. The Bertz CT molecular complexity index is 826. The highest BCUT2D eigenvalue weighted by Gasteiger charge is 2.23. The predicted octanol–water partition coefficient (Wildman–Crippen LogP) is 1.68. The van der Waals surface area contributed by atoms with Crippen molar-refractivity contribution in [2.75, 3.05) is 13.7 Å². The summed E-state index contributed by atoms with van der Waals surface area (Å²) in [4.78, 5) is 11.2. The van der Waals surface area contributed by atoms with E-state index in [0.29, 0.717) is 17.1 Å². The quantitative estimate of drug-likeness (QED) is 0.840. The summed E-state index contributed by atoms with van der Waals surface area (Å²) in [5, 5.41) is 0. The van der Waals surface area contributed by atoms with Crippen LogP contribution in [0.3, 0.4) is 0 Å². The first-order chi connectivity index (χ1) is 10.8. The first-order valence-corrected chi connectivity index (χ1v) is 8.26. The first-order valence-electron chi connectivity index (χ1n) is 6.77. The Morgan fingerprint density at radius 3 is 2.43 bits per heavy atom. The highest BCUT2D eigenvalue weighted by Crippen LogP contribution is 2.24. The van der Waals surface area contributed by atoms with Crippen LogP contribution in [-0.4, -0.2) is 32.6 Å². The molecule has 0 bridgehead atoms. The second-order valence-electron chi connectivity index (χ2n) is 4.95. The Kier molecular flexibility index (Phi) is 4.86. The smallest absolute Gasteiger partial charge is 0.320 e. The minimum absolute atomic E-state index is 0.0585. The van der Waals surface area contributed by atoms with Gasteiger partial charge in [0, 0.05) is 17.1 Å². The fraction of sp³-hybridized carbons (Fsp3) is 0.267. The summed E-state index contributed by atoms with van der Waals surface area (Å²) in [5.74, 6) is -1.05. The molecule has 0 aliphatic heterocycles. The van der Waals surface area contributed by atoms with Gasteiger partial charge in [-0.1, -0.05) is 0 Å². The Morgan fingerprint density at radius 2 is 1.87 bits per heavy atom. The molecule has 0 fully saturated rings. The maximum absolute atomic E-state index is 13.0. The molecule has 8 heteroatoms. The van der Waals surface area contributed by atoms with Crippen molar-refractivity contribution in [2.45, 2.75) is 18.7 Å². The number of sulfonamides is 1. The summed E-state index contributed by atoms with van der Waals surface area (Å²) < 4.78 is 46.0. The molecule has 0 atom stereocenters. The lowest BCUT2D eigenvalue weighted by molar-refractivity contribution is -0.139. The van der Waals surface area contributed by atoms with Gasteiger partial charge in [-0.05, 0) is 44.2 Å². The molecule has 0 aliphatic carbocycles. The second kappa shape index (κ2) is 6.51. The zero-order chi connectivity index (χ0) is 17.2. The summed E-state index contributed by atoms with van der Waals surface area (Å²) in [6.45, 7) is 2.94. The number of esters is 1.